The molecule has 1 saturated heterocycles. The van der Waals surface area contributed by atoms with Crippen molar-refractivity contribution in [2.24, 2.45) is 0 Å². The van der Waals surface area contributed by atoms with Gasteiger partial charge in [-0.25, -0.2) is 4.39 Å². The number of hydrogen-bond acceptors (Lipinski definition) is 3. The van der Waals surface area contributed by atoms with Crippen LogP contribution in [0.5, 0.6) is 5.75 Å². The predicted molar refractivity (Wildman–Crippen MR) is 70.4 cm³/mol. The summed E-state index contributed by atoms with van der Waals surface area (Å²) in [4.78, 5) is 1.73. The summed E-state index contributed by atoms with van der Waals surface area (Å²) in [5.74, 6) is -2.03. The Morgan fingerprint density at radius 3 is 2.43 bits per heavy atom. The molecule has 0 radical (unpaired) electrons. The second-order valence-corrected chi connectivity index (χ2v) is 4.82. The fraction of sp³-hybridized carbons (Fsp3) is 0.429. The third-order valence-corrected chi connectivity index (χ3v) is 3.54. The molecule has 21 heavy (non-hydrogen) atoms. The van der Waals surface area contributed by atoms with E-state index in [-0.39, 0.29) is 0 Å². The first-order valence-electron chi connectivity index (χ1n) is 6.52. The number of piperazine rings is 1. The molecule has 0 aromatic heterocycles. The average molecular weight is 304 g/mol. The van der Waals surface area contributed by atoms with E-state index in [9.17, 15) is 22.7 Å². The SMILES string of the molecule is C=C[C@@H](c1c(C(F)(F)F)ccc(F)c1O)N1CCNCC1. The van der Waals surface area contributed by atoms with E-state index in [4.69, 9.17) is 0 Å². The van der Waals surface area contributed by atoms with E-state index in [0.717, 1.165) is 0 Å². The van der Waals surface area contributed by atoms with E-state index in [1.54, 1.807) is 4.90 Å². The number of benzene rings is 1. The van der Waals surface area contributed by atoms with Crippen LogP contribution < -0.4 is 5.32 Å². The zero-order valence-electron chi connectivity index (χ0n) is 11.3. The normalized spacial score (nSPS) is 18.5. The van der Waals surface area contributed by atoms with Crippen LogP contribution >= 0.6 is 0 Å². The zero-order valence-corrected chi connectivity index (χ0v) is 11.3. The van der Waals surface area contributed by atoms with Crippen LogP contribution in [0.1, 0.15) is 17.2 Å². The molecule has 0 saturated carbocycles. The van der Waals surface area contributed by atoms with Crippen molar-refractivity contribution < 1.29 is 22.7 Å². The average Bonchev–Trinajstić information content (AvgIpc) is 2.44. The van der Waals surface area contributed by atoms with Crippen LogP contribution in [0.2, 0.25) is 0 Å². The van der Waals surface area contributed by atoms with Crippen LogP contribution in [-0.2, 0) is 6.18 Å². The van der Waals surface area contributed by atoms with Gasteiger partial charge in [0.1, 0.15) is 0 Å². The third-order valence-electron chi connectivity index (χ3n) is 3.54. The number of phenolic OH excluding ortho intramolecular Hbond substituents is 1. The minimum Gasteiger partial charge on any atom is -0.505 e. The molecule has 3 nitrogen and oxygen atoms in total. The maximum absolute atomic E-state index is 13.5. The van der Waals surface area contributed by atoms with Crippen LogP contribution in [0.4, 0.5) is 17.6 Å². The van der Waals surface area contributed by atoms with Gasteiger partial charge in [-0.15, -0.1) is 6.58 Å². The van der Waals surface area contributed by atoms with Crippen molar-refractivity contribution in [3.63, 3.8) is 0 Å². The standard InChI is InChI=1S/C14H16F4N2O/c1-2-11(20-7-5-19-6-8-20)12-9(14(16,17)18)3-4-10(15)13(12)21/h2-4,11,19,21H,1,5-8H2/t11-/m0/s1. The van der Waals surface area contributed by atoms with Crippen molar-refractivity contribution in [2.75, 3.05) is 26.2 Å². The Morgan fingerprint density at radius 2 is 1.90 bits per heavy atom. The van der Waals surface area contributed by atoms with Crippen molar-refractivity contribution in [3.05, 3.63) is 41.7 Å². The number of phenols is 1. The molecule has 2 N–H and O–H groups in total. The first kappa shape index (κ1) is 15.8. The highest BCUT2D eigenvalue weighted by molar-refractivity contribution is 5.45. The number of nitrogens with one attached hydrogen (secondary N) is 1. The number of halogens is 4. The molecule has 0 unspecified atom stereocenters. The molecule has 1 aromatic carbocycles. The molecule has 2 rings (SSSR count). The van der Waals surface area contributed by atoms with Gasteiger partial charge >= 0.3 is 6.18 Å². The van der Waals surface area contributed by atoms with E-state index >= 15 is 0 Å². The van der Waals surface area contributed by atoms with Gasteiger partial charge < -0.3 is 10.4 Å². The van der Waals surface area contributed by atoms with Gasteiger partial charge in [-0.3, -0.25) is 4.90 Å². The van der Waals surface area contributed by atoms with E-state index in [2.05, 4.69) is 11.9 Å². The Balaban J connectivity index is 2.53. The van der Waals surface area contributed by atoms with Crippen molar-refractivity contribution in [1.82, 2.24) is 10.2 Å². The maximum atomic E-state index is 13.5. The fourth-order valence-corrected chi connectivity index (χ4v) is 2.54. The summed E-state index contributed by atoms with van der Waals surface area (Å²) < 4.78 is 52.9. The number of nitrogens with zero attached hydrogens (tertiary/aromatic N) is 1. The first-order chi connectivity index (χ1) is 9.86. The Labute approximate surface area is 119 Å². The summed E-state index contributed by atoms with van der Waals surface area (Å²) in [5, 5.41) is 12.9. The molecule has 1 aromatic rings. The second kappa shape index (κ2) is 6.03. The number of rotatable bonds is 3. The van der Waals surface area contributed by atoms with Gasteiger partial charge in [0.2, 0.25) is 0 Å². The molecule has 7 heteroatoms. The van der Waals surface area contributed by atoms with Gasteiger partial charge in [0.05, 0.1) is 11.6 Å². The summed E-state index contributed by atoms with van der Waals surface area (Å²) >= 11 is 0. The van der Waals surface area contributed by atoms with Crippen molar-refractivity contribution >= 4 is 0 Å². The lowest BCUT2D eigenvalue weighted by Crippen LogP contribution is -2.45. The highest BCUT2D eigenvalue weighted by atomic mass is 19.4. The molecule has 1 aliphatic heterocycles. The van der Waals surface area contributed by atoms with Crippen LogP contribution in [0.15, 0.2) is 24.8 Å². The van der Waals surface area contributed by atoms with Crippen molar-refractivity contribution in [1.29, 1.82) is 0 Å². The van der Waals surface area contributed by atoms with Crippen LogP contribution in [0.25, 0.3) is 0 Å². The smallest absolute Gasteiger partial charge is 0.416 e. The molecule has 1 fully saturated rings. The summed E-state index contributed by atoms with van der Waals surface area (Å²) in [6, 6.07) is 0.391. The first-order valence-corrected chi connectivity index (χ1v) is 6.52. The minimum atomic E-state index is -4.67. The zero-order chi connectivity index (χ0) is 15.6. The largest absolute Gasteiger partial charge is 0.505 e. The van der Waals surface area contributed by atoms with E-state index in [1.165, 1.54) is 6.08 Å². The molecule has 116 valence electrons. The molecule has 0 bridgehead atoms. The Bertz CT molecular complexity index is 524. The Hall–Kier alpha value is -1.60. The van der Waals surface area contributed by atoms with Gasteiger partial charge in [-0.05, 0) is 12.1 Å². The highest BCUT2D eigenvalue weighted by Crippen LogP contribution is 2.42. The van der Waals surface area contributed by atoms with E-state index < -0.39 is 34.9 Å². The maximum Gasteiger partial charge on any atom is 0.416 e. The minimum absolute atomic E-state index is 0.473. The highest BCUT2D eigenvalue weighted by Gasteiger charge is 2.38. The third kappa shape index (κ3) is 3.19. The monoisotopic (exact) mass is 304 g/mol. The molecule has 0 aliphatic carbocycles. The topological polar surface area (TPSA) is 35.5 Å². The van der Waals surface area contributed by atoms with Gasteiger partial charge in [0.15, 0.2) is 11.6 Å². The molecular formula is C14H16F4N2O. The van der Waals surface area contributed by atoms with Gasteiger partial charge in [0, 0.05) is 31.7 Å². The van der Waals surface area contributed by atoms with Crippen LogP contribution in [0, 0.1) is 5.82 Å². The van der Waals surface area contributed by atoms with Crippen LogP contribution in [0.3, 0.4) is 0 Å². The Kier molecular flexibility index (Phi) is 4.53. The summed E-state index contributed by atoms with van der Waals surface area (Å²) in [6.45, 7) is 5.75. The van der Waals surface area contributed by atoms with Crippen molar-refractivity contribution in [3.8, 4) is 5.75 Å². The quantitative estimate of drug-likeness (QED) is 0.666. The Morgan fingerprint density at radius 1 is 1.29 bits per heavy atom. The van der Waals surface area contributed by atoms with Gasteiger partial charge in [-0.2, -0.15) is 13.2 Å². The molecule has 1 heterocycles. The van der Waals surface area contributed by atoms with E-state index in [1.807, 2.05) is 0 Å². The number of alkyl halides is 3. The van der Waals surface area contributed by atoms with E-state index in [0.29, 0.717) is 38.3 Å². The summed E-state index contributed by atoms with van der Waals surface area (Å²) in [6.07, 6.45) is -3.37. The lowest BCUT2D eigenvalue weighted by molar-refractivity contribution is -0.138. The molecule has 0 amide bonds. The number of hydrogen-bond donors (Lipinski definition) is 2. The van der Waals surface area contributed by atoms with Gasteiger partial charge in [0.25, 0.3) is 0 Å². The summed E-state index contributed by atoms with van der Waals surface area (Å²) in [5.41, 5.74) is -1.51. The fourth-order valence-electron chi connectivity index (χ4n) is 2.54. The second-order valence-electron chi connectivity index (χ2n) is 4.82. The molecular weight excluding hydrogens is 288 g/mol. The summed E-state index contributed by atoms with van der Waals surface area (Å²) in [7, 11) is 0. The lowest BCUT2D eigenvalue weighted by Gasteiger charge is -2.34. The molecule has 0 spiro atoms. The molecule has 1 atom stereocenters. The van der Waals surface area contributed by atoms with Crippen LogP contribution in [-0.4, -0.2) is 36.2 Å². The number of aromatic hydroxyl groups is 1. The van der Waals surface area contributed by atoms with Crippen molar-refractivity contribution in [2.45, 2.75) is 12.2 Å². The lowest BCUT2D eigenvalue weighted by atomic mass is 9.96. The predicted octanol–water partition coefficient (Wildman–Crippen LogP) is 2.68. The molecule has 1 aliphatic rings. The van der Waals surface area contributed by atoms with Gasteiger partial charge in [-0.1, -0.05) is 6.08 Å².